The summed E-state index contributed by atoms with van der Waals surface area (Å²) in [5.74, 6) is 0. The fourth-order valence-electron chi connectivity index (χ4n) is 1.07. The molecule has 1 heterocycles. The van der Waals surface area contributed by atoms with Gasteiger partial charge in [0.1, 0.15) is 0 Å². The number of nitrogens with zero attached hydrogens (tertiary/aromatic N) is 2. The van der Waals surface area contributed by atoms with Crippen molar-refractivity contribution in [2.24, 2.45) is 0 Å². The monoisotopic (exact) mass is 309 g/mol. The van der Waals surface area contributed by atoms with Crippen molar-refractivity contribution in [3.05, 3.63) is 12.5 Å². The Balaban J connectivity index is 2.70. The van der Waals surface area contributed by atoms with Crippen LogP contribution in [0, 0.1) is 0 Å². The molecule has 0 fully saturated rings. The van der Waals surface area contributed by atoms with E-state index in [1.165, 1.54) is 12.5 Å². The van der Waals surface area contributed by atoms with E-state index in [-0.39, 0.29) is 9.85 Å². The maximum atomic E-state index is 11.8. The van der Waals surface area contributed by atoms with Crippen LogP contribution in [0.15, 0.2) is 17.6 Å². The van der Waals surface area contributed by atoms with Crippen molar-refractivity contribution in [2.45, 2.75) is 36.7 Å². The summed E-state index contributed by atoms with van der Waals surface area (Å²) in [6.45, 7) is 4.99. The van der Waals surface area contributed by atoms with E-state index in [1.807, 2.05) is 13.8 Å². The fraction of sp³-hybridized carbons (Fsp3) is 0.667. The van der Waals surface area contributed by atoms with E-state index in [9.17, 15) is 8.42 Å². The average Bonchev–Trinajstić information content (AvgIpc) is 2.75. The van der Waals surface area contributed by atoms with Gasteiger partial charge in [0, 0.05) is 24.1 Å². The molecule has 0 spiro atoms. The molecule has 0 radical (unpaired) electrons. The molecule has 1 unspecified atom stereocenters. The number of halogens is 1. The normalized spacial score (nSPS) is 13.9. The van der Waals surface area contributed by atoms with Gasteiger partial charge in [-0.15, -0.1) is 0 Å². The molecule has 0 aliphatic heterocycles. The van der Waals surface area contributed by atoms with Gasteiger partial charge in [-0.1, -0.05) is 22.9 Å². The van der Waals surface area contributed by atoms with E-state index in [1.54, 1.807) is 4.57 Å². The molecule has 0 aliphatic carbocycles. The topological polar surface area (TPSA) is 64.0 Å². The zero-order valence-electron chi connectivity index (χ0n) is 9.35. The Labute approximate surface area is 104 Å². The minimum absolute atomic E-state index is 0.0742. The predicted molar refractivity (Wildman–Crippen MR) is 66.1 cm³/mol. The van der Waals surface area contributed by atoms with Gasteiger partial charge < -0.3 is 4.57 Å². The van der Waals surface area contributed by atoms with Gasteiger partial charge >= 0.3 is 0 Å². The first-order valence-corrected chi connectivity index (χ1v) is 7.55. The number of rotatable bonds is 6. The van der Waals surface area contributed by atoms with Gasteiger partial charge in [-0.05, 0) is 13.3 Å². The van der Waals surface area contributed by atoms with Crippen LogP contribution < -0.4 is 4.72 Å². The predicted octanol–water partition coefficient (Wildman–Crippen LogP) is 1.35. The lowest BCUT2D eigenvalue weighted by Crippen LogP contribution is -2.29. The second-order valence-corrected chi connectivity index (χ2v) is 6.41. The van der Waals surface area contributed by atoms with Crippen molar-refractivity contribution in [2.75, 3.05) is 6.54 Å². The third-order valence-corrected chi connectivity index (χ3v) is 4.47. The van der Waals surface area contributed by atoms with Gasteiger partial charge in [0.15, 0.2) is 5.03 Å². The number of imidazole rings is 1. The number of aryl methyl sites for hydroxylation is 1. The summed E-state index contributed by atoms with van der Waals surface area (Å²) in [6, 6.07) is 0. The summed E-state index contributed by atoms with van der Waals surface area (Å²) in [5, 5.41) is 0.0742. The van der Waals surface area contributed by atoms with Gasteiger partial charge in [-0.2, -0.15) is 0 Å². The number of hydrogen-bond acceptors (Lipinski definition) is 3. The molecule has 0 saturated heterocycles. The molecule has 0 aliphatic rings. The second kappa shape index (κ2) is 5.79. The highest BCUT2D eigenvalue weighted by atomic mass is 79.9. The first-order chi connectivity index (χ1) is 7.49. The van der Waals surface area contributed by atoms with Crippen LogP contribution in [0.3, 0.4) is 0 Å². The first-order valence-electron chi connectivity index (χ1n) is 5.15. The first kappa shape index (κ1) is 13.7. The summed E-state index contributed by atoms with van der Waals surface area (Å²) in [5.41, 5.74) is 0. The SMILES string of the molecule is CCC(Br)CNS(=O)(=O)c1cn(CC)cn1. The van der Waals surface area contributed by atoms with E-state index in [4.69, 9.17) is 0 Å². The largest absolute Gasteiger partial charge is 0.336 e. The molecule has 5 nitrogen and oxygen atoms in total. The zero-order chi connectivity index (χ0) is 12.2. The lowest BCUT2D eigenvalue weighted by Gasteiger charge is -2.07. The number of hydrogen-bond donors (Lipinski definition) is 1. The van der Waals surface area contributed by atoms with Crippen molar-refractivity contribution in [1.29, 1.82) is 0 Å². The molecule has 0 saturated carbocycles. The Morgan fingerprint density at radius 1 is 1.56 bits per heavy atom. The van der Waals surface area contributed by atoms with Crippen LogP contribution in [0.25, 0.3) is 0 Å². The smallest absolute Gasteiger partial charge is 0.259 e. The van der Waals surface area contributed by atoms with Crippen LogP contribution in [0.4, 0.5) is 0 Å². The molecule has 1 aromatic heterocycles. The van der Waals surface area contributed by atoms with Crippen LogP contribution in [0.2, 0.25) is 0 Å². The molecule has 0 aromatic carbocycles. The molecule has 16 heavy (non-hydrogen) atoms. The van der Waals surface area contributed by atoms with Crippen molar-refractivity contribution < 1.29 is 8.42 Å². The summed E-state index contributed by atoms with van der Waals surface area (Å²) in [4.78, 5) is 4.01. The van der Waals surface area contributed by atoms with Crippen molar-refractivity contribution in [3.63, 3.8) is 0 Å². The quantitative estimate of drug-likeness (QED) is 0.807. The molecular formula is C9H16BrN3O2S. The molecule has 92 valence electrons. The Hall–Kier alpha value is -0.400. The highest BCUT2D eigenvalue weighted by Crippen LogP contribution is 2.07. The summed E-state index contributed by atoms with van der Waals surface area (Å²) >= 11 is 3.37. The molecular weight excluding hydrogens is 294 g/mol. The van der Waals surface area contributed by atoms with Gasteiger partial charge in [0.25, 0.3) is 10.0 Å². The van der Waals surface area contributed by atoms with Crippen molar-refractivity contribution >= 4 is 26.0 Å². The third kappa shape index (κ3) is 3.57. The van der Waals surface area contributed by atoms with Gasteiger partial charge in [0.2, 0.25) is 0 Å². The minimum Gasteiger partial charge on any atom is -0.336 e. The molecule has 1 aromatic rings. The van der Waals surface area contributed by atoms with Crippen LogP contribution in [0.5, 0.6) is 0 Å². The number of alkyl halides is 1. The molecule has 0 bridgehead atoms. The average molecular weight is 310 g/mol. The molecule has 0 amide bonds. The Kier molecular flexibility index (Phi) is 4.94. The van der Waals surface area contributed by atoms with E-state index >= 15 is 0 Å². The maximum Gasteiger partial charge on any atom is 0.259 e. The highest BCUT2D eigenvalue weighted by Gasteiger charge is 2.17. The molecule has 1 rings (SSSR count). The fourth-order valence-corrected chi connectivity index (χ4v) is 2.47. The van der Waals surface area contributed by atoms with E-state index in [0.29, 0.717) is 13.1 Å². The minimum atomic E-state index is -3.47. The number of aromatic nitrogens is 2. The van der Waals surface area contributed by atoms with Crippen LogP contribution in [-0.4, -0.2) is 29.3 Å². The lowest BCUT2D eigenvalue weighted by molar-refractivity contribution is 0.576. The third-order valence-electron chi connectivity index (χ3n) is 2.19. The van der Waals surface area contributed by atoms with Gasteiger partial charge in [-0.3, -0.25) is 0 Å². The highest BCUT2D eigenvalue weighted by molar-refractivity contribution is 9.09. The second-order valence-electron chi connectivity index (χ2n) is 3.40. The zero-order valence-corrected chi connectivity index (χ0v) is 11.8. The Morgan fingerprint density at radius 3 is 2.75 bits per heavy atom. The molecule has 7 heteroatoms. The summed E-state index contributed by atoms with van der Waals surface area (Å²) in [7, 11) is -3.47. The lowest BCUT2D eigenvalue weighted by atomic mass is 10.3. The van der Waals surface area contributed by atoms with Crippen molar-refractivity contribution in [1.82, 2.24) is 14.3 Å². The summed E-state index contributed by atoms with van der Waals surface area (Å²) < 4.78 is 27.8. The van der Waals surface area contributed by atoms with Crippen LogP contribution in [-0.2, 0) is 16.6 Å². The van der Waals surface area contributed by atoms with E-state index in [2.05, 4.69) is 25.6 Å². The van der Waals surface area contributed by atoms with Crippen LogP contribution >= 0.6 is 15.9 Å². The Bertz CT molecular complexity index is 430. The van der Waals surface area contributed by atoms with E-state index in [0.717, 1.165) is 6.42 Å². The van der Waals surface area contributed by atoms with Crippen LogP contribution in [0.1, 0.15) is 20.3 Å². The molecule has 1 atom stereocenters. The molecule has 1 N–H and O–H groups in total. The van der Waals surface area contributed by atoms with Gasteiger partial charge in [0.05, 0.1) is 6.33 Å². The van der Waals surface area contributed by atoms with Crippen molar-refractivity contribution in [3.8, 4) is 0 Å². The maximum absolute atomic E-state index is 11.8. The number of sulfonamides is 1. The summed E-state index contributed by atoms with van der Waals surface area (Å²) in [6.07, 6.45) is 3.91. The number of nitrogens with one attached hydrogen (secondary N) is 1. The Morgan fingerprint density at radius 2 is 2.25 bits per heavy atom. The van der Waals surface area contributed by atoms with Gasteiger partial charge in [-0.25, -0.2) is 18.1 Å². The standard InChI is InChI=1S/C9H16BrN3O2S/c1-3-8(10)5-12-16(14,15)9-6-13(4-2)7-11-9/h6-8,12H,3-5H2,1-2H3. The van der Waals surface area contributed by atoms with E-state index < -0.39 is 10.0 Å².